The summed E-state index contributed by atoms with van der Waals surface area (Å²) in [5, 5.41) is 2.47. The van der Waals surface area contributed by atoms with E-state index in [4.69, 9.17) is 0 Å². The van der Waals surface area contributed by atoms with E-state index in [1.807, 2.05) is 24.8 Å². The first kappa shape index (κ1) is 29.1. The van der Waals surface area contributed by atoms with Gasteiger partial charge in [0.1, 0.15) is 0 Å². The zero-order chi connectivity index (χ0) is 34.0. The van der Waals surface area contributed by atoms with Gasteiger partial charge in [-0.15, -0.1) is 0 Å². The Hall–Kier alpha value is -5.54. The largest absolute Gasteiger partial charge is 0.310 e. The zero-order valence-corrected chi connectivity index (χ0v) is 29.1. The molecule has 7 aromatic rings. The lowest BCUT2D eigenvalue weighted by Gasteiger charge is -2.54. The first-order chi connectivity index (χ1) is 25.7. The number of hydrogen-bond donors (Lipinski definition) is 0. The molecule has 0 N–H and O–H groups in total. The minimum Gasteiger partial charge on any atom is -0.310 e. The van der Waals surface area contributed by atoms with E-state index < -0.39 is 0 Å². The fraction of sp³-hybridized carbons (Fsp3) is 0.224. The van der Waals surface area contributed by atoms with Gasteiger partial charge in [0, 0.05) is 47.0 Å². The molecule has 0 amide bonds. The van der Waals surface area contributed by atoms with Gasteiger partial charge in [-0.25, -0.2) is 0 Å². The summed E-state index contributed by atoms with van der Waals surface area (Å²) in [6, 6.07) is 48.0. The monoisotopic (exact) mass is 669 g/mol. The van der Waals surface area contributed by atoms with Crippen LogP contribution in [-0.4, -0.2) is 9.97 Å². The molecule has 5 aliphatic rings. The smallest absolute Gasteiger partial charge is 0.0540 e. The average Bonchev–Trinajstić information content (AvgIpc) is 3.66. The van der Waals surface area contributed by atoms with E-state index in [0.29, 0.717) is 5.41 Å². The molecule has 5 aromatic carbocycles. The number of pyridine rings is 2. The molecule has 5 aliphatic carbocycles. The molecule has 3 heteroatoms. The van der Waals surface area contributed by atoms with Crippen LogP contribution in [0.1, 0.15) is 43.2 Å². The van der Waals surface area contributed by atoms with Crippen molar-refractivity contribution in [2.75, 3.05) is 4.90 Å². The van der Waals surface area contributed by atoms with E-state index in [-0.39, 0.29) is 5.41 Å². The quantitative estimate of drug-likeness (QED) is 0.183. The topological polar surface area (TPSA) is 29.0 Å². The van der Waals surface area contributed by atoms with Crippen molar-refractivity contribution in [3.63, 3.8) is 0 Å². The summed E-state index contributed by atoms with van der Waals surface area (Å²) in [5.41, 5.74) is 15.2. The third kappa shape index (κ3) is 3.71. The van der Waals surface area contributed by atoms with Gasteiger partial charge in [0.25, 0.3) is 0 Å². The normalized spacial score (nSPS) is 27.0. The van der Waals surface area contributed by atoms with Crippen molar-refractivity contribution in [2.24, 2.45) is 29.1 Å². The van der Waals surface area contributed by atoms with Gasteiger partial charge in [0.05, 0.1) is 5.69 Å². The molecule has 3 bridgehead atoms. The van der Waals surface area contributed by atoms with E-state index in [1.165, 1.54) is 87.6 Å². The Morgan fingerprint density at radius 3 is 2.00 bits per heavy atom. The van der Waals surface area contributed by atoms with Crippen LogP contribution < -0.4 is 4.90 Å². The molecule has 52 heavy (non-hydrogen) atoms. The fourth-order valence-electron chi connectivity index (χ4n) is 12.7. The molecule has 6 atom stereocenters. The van der Waals surface area contributed by atoms with Gasteiger partial charge < -0.3 is 4.90 Å². The Morgan fingerprint density at radius 2 is 1.17 bits per heavy atom. The summed E-state index contributed by atoms with van der Waals surface area (Å²) in [4.78, 5) is 11.0. The molecular formula is C49H39N3. The van der Waals surface area contributed by atoms with Crippen molar-refractivity contribution in [3.05, 3.63) is 163 Å². The molecule has 250 valence electrons. The second-order valence-electron chi connectivity index (χ2n) is 16.3. The Balaban J connectivity index is 1.06. The van der Waals surface area contributed by atoms with Crippen LogP contribution in [-0.2, 0) is 5.41 Å². The highest BCUT2D eigenvalue weighted by molar-refractivity contribution is 6.06. The fourth-order valence-corrected chi connectivity index (χ4v) is 12.7. The van der Waals surface area contributed by atoms with Crippen molar-refractivity contribution in [1.82, 2.24) is 9.97 Å². The molecule has 0 radical (unpaired) electrons. The van der Waals surface area contributed by atoms with Crippen molar-refractivity contribution >= 4 is 27.8 Å². The van der Waals surface area contributed by atoms with Crippen LogP contribution in [0.3, 0.4) is 0 Å². The summed E-state index contributed by atoms with van der Waals surface area (Å²) in [5.74, 6) is 3.46. The maximum atomic E-state index is 4.30. The van der Waals surface area contributed by atoms with Crippen molar-refractivity contribution in [1.29, 1.82) is 0 Å². The van der Waals surface area contributed by atoms with Crippen LogP contribution in [0.15, 0.2) is 152 Å². The molecule has 4 saturated carbocycles. The summed E-state index contributed by atoms with van der Waals surface area (Å²) in [6.45, 7) is 0. The Kier molecular flexibility index (Phi) is 5.88. The highest BCUT2D eigenvalue weighted by atomic mass is 15.1. The van der Waals surface area contributed by atoms with Crippen LogP contribution in [0.2, 0.25) is 0 Å². The summed E-state index contributed by atoms with van der Waals surface area (Å²) in [6.07, 6.45) is 14.8. The van der Waals surface area contributed by atoms with Gasteiger partial charge >= 0.3 is 0 Å². The van der Waals surface area contributed by atoms with E-state index in [0.717, 1.165) is 29.4 Å². The molecule has 2 aromatic heterocycles. The lowest BCUT2D eigenvalue weighted by Crippen LogP contribution is -2.50. The van der Waals surface area contributed by atoms with Crippen molar-refractivity contribution in [3.8, 4) is 33.4 Å². The number of aromatic nitrogens is 2. The van der Waals surface area contributed by atoms with Crippen LogP contribution in [0, 0.1) is 29.1 Å². The van der Waals surface area contributed by atoms with E-state index in [1.54, 1.807) is 11.1 Å². The highest BCUT2D eigenvalue weighted by Crippen LogP contribution is 2.83. The molecule has 3 nitrogen and oxygen atoms in total. The lowest BCUT2D eigenvalue weighted by atomic mass is 9.49. The van der Waals surface area contributed by atoms with E-state index in [2.05, 4.69) is 142 Å². The van der Waals surface area contributed by atoms with Crippen molar-refractivity contribution in [2.45, 2.75) is 37.5 Å². The number of fused-ring (bicyclic) bond motifs is 10. The van der Waals surface area contributed by atoms with Gasteiger partial charge in [0.15, 0.2) is 0 Å². The minimum atomic E-state index is 0.173. The van der Waals surface area contributed by atoms with Crippen molar-refractivity contribution < 1.29 is 0 Å². The third-order valence-corrected chi connectivity index (χ3v) is 14.4. The predicted octanol–water partition coefficient (Wildman–Crippen LogP) is 12.2. The van der Waals surface area contributed by atoms with Gasteiger partial charge in [-0.1, -0.05) is 72.8 Å². The number of rotatable bonds is 5. The number of nitrogens with zero attached hydrogens (tertiary/aromatic N) is 3. The molecule has 2 spiro atoms. The van der Waals surface area contributed by atoms with Crippen LogP contribution in [0.5, 0.6) is 0 Å². The maximum Gasteiger partial charge on any atom is 0.0540 e. The number of hydrogen-bond acceptors (Lipinski definition) is 3. The molecule has 6 unspecified atom stereocenters. The Bertz CT molecular complexity index is 2540. The second kappa shape index (κ2) is 10.5. The first-order valence-electron chi connectivity index (χ1n) is 19.2. The molecule has 4 fully saturated rings. The minimum absolute atomic E-state index is 0.173. The molecule has 0 saturated heterocycles. The van der Waals surface area contributed by atoms with E-state index >= 15 is 0 Å². The highest BCUT2D eigenvalue weighted by Gasteiger charge is 2.76. The number of anilines is 3. The van der Waals surface area contributed by atoms with Crippen LogP contribution in [0.4, 0.5) is 17.1 Å². The SMILES string of the molecule is c1ccc2c(c1)-c1cc(N(c3ccc(-c4ccncc4)cc3)c3ccc(-c4ccncc4)c4ccccc34)ccc1C21C2CC3CC4CC1C4(C3)C2. The van der Waals surface area contributed by atoms with E-state index in [9.17, 15) is 0 Å². The maximum absolute atomic E-state index is 4.30. The van der Waals surface area contributed by atoms with Crippen LogP contribution >= 0.6 is 0 Å². The molecule has 12 rings (SSSR count). The lowest BCUT2D eigenvalue weighted by molar-refractivity contribution is -0.0193. The second-order valence-corrected chi connectivity index (χ2v) is 16.3. The van der Waals surface area contributed by atoms with Crippen LogP contribution in [0.25, 0.3) is 44.2 Å². The van der Waals surface area contributed by atoms with Gasteiger partial charge in [-0.05, 0) is 166 Å². The zero-order valence-electron chi connectivity index (χ0n) is 29.1. The Morgan fingerprint density at radius 1 is 0.500 bits per heavy atom. The summed E-state index contributed by atoms with van der Waals surface area (Å²) in [7, 11) is 0. The summed E-state index contributed by atoms with van der Waals surface area (Å²) >= 11 is 0. The Labute approximate surface area is 305 Å². The van der Waals surface area contributed by atoms with Gasteiger partial charge in [0.2, 0.25) is 0 Å². The number of benzene rings is 5. The molecule has 2 heterocycles. The first-order valence-corrected chi connectivity index (χ1v) is 19.2. The molecular weight excluding hydrogens is 631 g/mol. The standard InChI is InChI=1S/C49H39N3/c1-2-7-42-40(5-1)39(34-19-23-51-24-20-34)14-16-46(42)52(37-11-9-32(10-12-37)33-17-21-50-22-18-33)38-13-15-45-43(28-38)41-6-3-4-8-44(41)49(45)36-26-31-25-35-27-47(49)48(35,29-31)30-36/h1-24,28,31,35-36,47H,25-27,29-30H2. The van der Waals surface area contributed by atoms with Gasteiger partial charge in [-0.2, -0.15) is 0 Å². The predicted molar refractivity (Wildman–Crippen MR) is 211 cm³/mol. The van der Waals surface area contributed by atoms with Gasteiger partial charge in [-0.3, -0.25) is 9.97 Å². The average molecular weight is 670 g/mol. The third-order valence-electron chi connectivity index (χ3n) is 14.4. The molecule has 0 aliphatic heterocycles. The summed E-state index contributed by atoms with van der Waals surface area (Å²) < 4.78 is 0.